The zero-order chi connectivity index (χ0) is 12.3. The van der Waals surface area contributed by atoms with Crippen molar-refractivity contribution < 1.29 is 18.7 Å². The van der Waals surface area contributed by atoms with Crippen LogP contribution >= 0.6 is 0 Å². The maximum atomic E-state index is 13.2. The highest BCUT2D eigenvalue weighted by Crippen LogP contribution is 2.17. The van der Waals surface area contributed by atoms with Crippen LogP contribution in [-0.4, -0.2) is 11.1 Å². The third kappa shape index (κ3) is 2.54. The first kappa shape index (κ1) is 12.1. The van der Waals surface area contributed by atoms with E-state index in [9.17, 15) is 13.6 Å². The van der Waals surface area contributed by atoms with E-state index in [1.165, 1.54) is 6.92 Å². The number of benzene rings is 1. The third-order valence-electron chi connectivity index (χ3n) is 2.20. The number of nitrogens with zero attached hydrogens (tertiary/aromatic N) is 1. The van der Waals surface area contributed by atoms with Crippen molar-refractivity contribution >= 4 is 5.97 Å². The van der Waals surface area contributed by atoms with Gasteiger partial charge < -0.3 is 5.11 Å². The molecule has 0 fully saturated rings. The fourth-order valence-corrected chi connectivity index (χ4v) is 1.25. The van der Waals surface area contributed by atoms with Gasteiger partial charge in [0.1, 0.15) is 17.7 Å². The Kier molecular flexibility index (Phi) is 3.56. The van der Waals surface area contributed by atoms with Crippen LogP contribution in [0.25, 0.3) is 0 Å². The zero-order valence-corrected chi connectivity index (χ0v) is 8.50. The summed E-state index contributed by atoms with van der Waals surface area (Å²) >= 11 is 0. The lowest BCUT2D eigenvalue weighted by Gasteiger charge is -2.07. The van der Waals surface area contributed by atoms with Crippen LogP contribution in [0.4, 0.5) is 8.78 Å². The molecule has 1 unspecified atom stereocenters. The monoisotopic (exact) mass is 225 g/mol. The van der Waals surface area contributed by atoms with Gasteiger partial charge in [0.05, 0.1) is 11.5 Å². The highest BCUT2D eigenvalue weighted by Gasteiger charge is 2.16. The van der Waals surface area contributed by atoms with Crippen molar-refractivity contribution in [2.45, 2.75) is 13.3 Å². The molecule has 0 aliphatic heterocycles. The van der Waals surface area contributed by atoms with Gasteiger partial charge >= 0.3 is 5.97 Å². The molecule has 0 saturated carbocycles. The Balaban J connectivity index is 3.06. The number of hydrogen-bond acceptors (Lipinski definition) is 2. The summed E-state index contributed by atoms with van der Waals surface area (Å²) in [5, 5.41) is 17.2. The van der Waals surface area contributed by atoms with Crippen LogP contribution in [0.3, 0.4) is 0 Å². The topological polar surface area (TPSA) is 61.1 Å². The number of halogens is 2. The van der Waals surface area contributed by atoms with Gasteiger partial charge in [0.25, 0.3) is 0 Å². The Hall–Kier alpha value is -1.96. The molecule has 0 saturated heterocycles. The van der Waals surface area contributed by atoms with Gasteiger partial charge in [-0.05, 0) is 18.1 Å². The molecular formula is C11H9F2NO2. The maximum Gasteiger partial charge on any atom is 0.306 e. The lowest BCUT2D eigenvalue weighted by molar-refractivity contribution is -0.141. The van der Waals surface area contributed by atoms with E-state index >= 15 is 0 Å². The average molecular weight is 225 g/mol. The van der Waals surface area contributed by atoms with Crippen molar-refractivity contribution in [3.05, 3.63) is 34.9 Å². The minimum Gasteiger partial charge on any atom is -0.481 e. The number of carboxylic acids is 1. The molecule has 1 aromatic rings. The van der Waals surface area contributed by atoms with E-state index in [4.69, 9.17) is 10.4 Å². The van der Waals surface area contributed by atoms with Crippen molar-refractivity contribution in [3.8, 4) is 6.07 Å². The second kappa shape index (κ2) is 4.71. The molecule has 0 spiro atoms. The molecule has 0 aliphatic rings. The summed E-state index contributed by atoms with van der Waals surface area (Å²) in [4.78, 5) is 10.6. The smallest absolute Gasteiger partial charge is 0.306 e. The van der Waals surface area contributed by atoms with E-state index in [-0.39, 0.29) is 17.5 Å². The number of carboxylic acid groups (broad SMARTS) is 1. The van der Waals surface area contributed by atoms with Crippen LogP contribution in [0.5, 0.6) is 0 Å². The lowest BCUT2D eigenvalue weighted by Crippen LogP contribution is -2.13. The van der Waals surface area contributed by atoms with Crippen molar-refractivity contribution in [2.24, 2.45) is 5.92 Å². The standard InChI is InChI=1S/C11H9F2NO2/c1-6(11(15)16)2-7-3-8(5-14)10(13)4-9(7)12/h3-4,6H,2H2,1H3,(H,15,16). The van der Waals surface area contributed by atoms with Gasteiger partial charge in [-0.3, -0.25) is 4.79 Å². The Morgan fingerprint density at radius 1 is 1.50 bits per heavy atom. The maximum absolute atomic E-state index is 13.2. The Morgan fingerprint density at radius 3 is 2.62 bits per heavy atom. The molecule has 84 valence electrons. The molecule has 16 heavy (non-hydrogen) atoms. The average Bonchev–Trinajstić information content (AvgIpc) is 2.21. The number of aliphatic carboxylic acids is 1. The van der Waals surface area contributed by atoms with E-state index in [0.717, 1.165) is 6.07 Å². The highest BCUT2D eigenvalue weighted by molar-refractivity contribution is 5.69. The Morgan fingerprint density at radius 2 is 2.12 bits per heavy atom. The minimum atomic E-state index is -1.07. The van der Waals surface area contributed by atoms with Gasteiger partial charge in [0.15, 0.2) is 0 Å². The SMILES string of the molecule is CC(Cc1cc(C#N)c(F)cc1F)C(=O)O. The summed E-state index contributed by atoms with van der Waals surface area (Å²) in [7, 11) is 0. The lowest BCUT2D eigenvalue weighted by atomic mass is 9.99. The van der Waals surface area contributed by atoms with Gasteiger partial charge in [-0.25, -0.2) is 8.78 Å². The number of hydrogen-bond donors (Lipinski definition) is 1. The first-order chi connectivity index (χ1) is 7.45. The van der Waals surface area contributed by atoms with E-state index in [0.29, 0.717) is 6.07 Å². The van der Waals surface area contributed by atoms with Crippen LogP contribution in [0, 0.1) is 28.9 Å². The van der Waals surface area contributed by atoms with Gasteiger partial charge in [-0.2, -0.15) is 5.26 Å². The van der Waals surface area contributed by atoms with Crippen molar-refractivity contribution in [1.29, 1.82) is 5.26 Å². The summed E-state index contributed by atoms with van der Waals surface area (Å²) in [6, 6.07) is 3.22. The quantitative estimate of drug-likeness (QED) is 0.856. The van der Waals surface area contributed by atoms with Crippen LogP contribution in [0.2, 0.25) is 0 Å². The summed E-state index contributed by atoms with van der Waals surface area (Å²) < 4.78 is 26.2. The second-order valence-corrected chi connectivity index (χ2v) is 3.48. The van der Waals surface area contributed by atoms with Gasteiger partial charge in [0, 0.05) is 6.07 Å². The van der Waals surface area contributed by atoms with Gasteiger partial charge in [-0.1, -0.05) is 6.92 Å². The molecular weight excluding hydrogens is 216 g/mol. The van der Waals surface area contributed by atoms with Crippen LogP contribution < -0.4 is 0 Å². The molecule has 1 rings (SSSR count). The molecule has 1 atom stereocenters. The molecule has 3 nitrogen and oxygen atoms in total. The second-order valence-electron chi connectivity index (χ2n) is 3.48. The number of rotatable bonds is 3. The van der Waals surface area contributed by atoms with E-state index < -0.39 is 23.5 Å². The van der Waals surface area contributed by atoms with Crippen molar-refractivity contribution in [3.63, 3.8) is 0 Å². The van der Waals surface area contributed by atoms with Crippen LogP contribution in [0.15, 0.2) is 12.1 Å². The first-order valence-electron chi connectivity index (χ1n) is 4.56. The van der Waals surface area contributed by atoms with Gasteiger partial charge in [-0.15, -0.1) is 0 Å². The summed E-state index contributed by atoms with van der Waals surface area (Å²) in [6.07, 6.45) is -0.0733. The highest BCUT2D eigenvalue weighted by atomic mass is 19.1. The Labute approximate surface area is 90.9 Å². The molecule has 0 aromatic heterocycles. The van der Waals surface area contributed by atoms with E-state index in [1.807, 2.05) is 0 Å². The predicted molar refractivity (Wildman–Crippen MR) is 51.6 cm³/mol. The fourth-order valence-electron chi connectivity index (χ4n) is 1.25. The molecule has 5 heteroatoms. The summed E-state index contributed by atoms with van der Waals surface area (Å²) in [5.74, 6) is -3.62. The van der Waals surface area contributed by atoms with Crippen LogP contribution in [-0.2, 0) is 11.2 Å². The van der Waals surface area contributed by atoms with Gasteiger partial charge in [0.2, 0.25) is 0 Å². The molecule has 0 bridgehead atoms. The molecule has 1 N–H and O–H groups in total. The summed E-state index contributed by atoms with van der Waals surface area (Å²) in [6.45, 7) is 1.41. The fraction of sp³-hybridized carbons (Fsp3) is 0.273. The zero-order valence-electron chi connectivity index (χ0n) is 8.50. The van der Waals surface area contributed by atoms with Crippen molar-refractivity contribution in [1.82, 2.24) is 0 Å². The number of nitriles is 1. The number of carbonyl (C=O) groups is 1. The molecule has 0 amide bonds. The predicted octanol–water partition coefficient (Wildman–Crippen LogP) is 2.10. The van der Waals surface area contributed by atoms with Crippen molar-refractivity contribution in [2.75, 3.05) is 0 Å². The molecule has 0 radical (unpaired) electrons. The first-order valence-corrected chi connectivity index (χ1v) is 4.56. The third-order valence-corrected chi connectivity index (χ3v) is 2.20. The minimum absolute atomic E-state index is 0.0350. The molecule has 1 aromatic carbocycles. The van der Waals surface area contributed by atoms with Crippen LogP contribution in [0.1, 0.15) is 18.1 Å². The Bertz CT molecular complexity index is 466. The van der Waals surface area contributed by atoms with E-state index in [1.54, 1.807) is 6.07 Å². The van der Waals surface area contributed by atoms with E-state index in [2.05, 4.69) is 0 Å². The summed E-state index contributed by atoms with van der Waals surface area (Å²) in [5.41, 5.74) is -0.248. The molecule has 0 aliphatic carbocycles. The molecule has 0 heterocycles. The normalized spacial score (nSPS) is 11.9. The largest absolute Gasteiger partial charge is 0.481 e.